The molecule has 0 aromatic heterocycles. The lowest BCUT2D eigenvalue weighted by molar-refractivity contribution is 0.111. The van der Waals surface area contributed by atoms with Gasteiger partial charge in [0.25, 0.3) is 0 Å². The molecule has 6 aromatic rings. The van der Waals surface area contributed by atoms with Crippen LogP contribution in [0.5, 0.6) is 23.0 Å². The summed E-state index contributed by atoms with van der Waals surface area (Å²) in [5.74, 6) is 1.59. The maximum atomic E-state index is 11.0. The van der Waals surface area contributed by atoms with Crippen molar-refractivity contribution < 1.29 is 28.9 Å². The van der Waals surface area contributed by atoms with Crippen molar-refractivity contribution in [3.05, 3.63) is 191 Å². The summed E-state index contributed by atoms with van der Waals surface area (Å²) in [6.07, 6.45) is 3.41. The van der Waals surface area contributed by atoms with Crippen molar-refractivity contribution in [2.45, 2.75) is 26.1 Å². The molecule has 0 heterocycles. The zero-order valence-electron chi connectivity index (χ0n) is 28.3. The van der Waals surface area contributed by atoms with Crippen LogP contribution in [0, 0.1) is 0 Å². The number of carbonyl (C=O) groups excluding carboxylic acids is 2. The van der Waals surface area contributed by atoms with E-state index >= 15 is 0 Å². The van der Waals surface area contributed by atoms with E-state index in [2.05, 4.69) is 52.3 Å². The zero-order valence-corrected chi connectivity index (χ0v) is 29.9. The maximum absolute atomic E-state index is 11.0. The molecular formula is C44H41BrO6. The van der Waals surface area contributed by atoms with Crippen molar-refractivity contribution in [2.24, 2.45) is 0 Å². The minimum Gasteiger partial charge on any atom is -0.504 e. The van der Waals surface area contributed by atoms with E-state index in [1.807, 2.05) is 84.9 Å². The number of aldehydes is 2. The van der Waals surface area contributed by atoms with E-state index in [0.717, 1.165) is 35.6 Å². The number of aromatic hydroxyl groups is 1. The van der Waals surface area contributed by atoms with Crippen LogP contribution < -0.4 is 14.2 Å². The Kier molecular flexibility index (Phi) is 16.6. The molecule has 0 aliphatic carbocycles. The molecule has 51 heavy (non-hydrogen) atoms. The number of rotatable bonds is 14. The van der Waals surface area contributed by atoms with Gasteiger partial charge in [0.1, 0.15) is 25.8 Å². The van der Waals surface area contributed by atoms with Gasteiger partial charge >= 0.3 is 0 Å². The molecule has 260 valence electrons. The molecule has 1 N–H and O–H groups in total. The Balaban J connectivity index is 0.000000192. The lowest BCUT2D eigenvalue weighted by atomic mass is 10.2. The zero-order chi connectivity index (χ0) is 35.9. The van der Waals surface area contributed by atoms with Crippen LogP contribution in [0.15, 0.2) is 158 Å². The molecule has 0 saturated carbocycles. The lowest BCUT2D eigenvalue weighted by Gasteiger charge is -2.13. The number of hydrogen-bond donors (Lipinski definition) is 1. The fourth-order valence-electron chi connectivity index (χ4n) is 4.71. The molecule has 0 radical (unpaired) electrons. The summed E-state index contributed by atoms with van der Waals surface area (Å²) >= 11 is 3.39. The third kappa shape index (κ3) is 14.0. The van der Waals surface area contributed by atoms with E-state index in [1.54, 1.807) is 30.3 Å². The highest BCUT2D eigenvalue weighted by Crippen LogP contribution is 2.29. The predicted octanol–water partition coefficient (Wildman–Crippen LogP) is 10.1. The third-order valence-corrected chi connectivity index (χ3v) is 7.81. The van der Waals surface area contributed by atoms with Crippen LogP contribution in [0.3, 0.4) is 0 Å². The molecule has 0 spiro atoms. The second kappa shape index (κ2) is 22.1. The van der Waals surface area contributed by atoms with Crippen molar-refractivity contribution in [1.82, 2.24) is 0 Å². The molecular weight excluding hydrogens is 704 g/mol. The van der Waals surface area contributed by atoms with E-state index < -0.39 is 0 Å². The van der Waals surface area contributed by atoms with E-state index in [-0.39, 0.29) is 5.75 Å². The molecule has 0 unspecified atom stereocenters. The largest absolute Gasteiger partial charge is 0.504 e. The van der Waals surface area contributed by atoms with Crippen LogP contribution >= 0.6 is 15.9 Å². The summed E-state index contributed by atoms with van der Waals surface area (Å²) in [5.41, 5.74) is 5.70. The fraction of sp³-hybridized carbons (Fsp3) is 0.136. The summed E-state index contributed by atoms with van der Waals surface area (Å²) in [5, 5.41) is 10.7. The van der Waals surface area contributed by atoms with Gasteiger partial charge in [-0.05, 0) is 65.1 Å². The van der Waals surface area contributed by atoms with Crippen LogP contribution in [0.4, 0.5) is 0 Å². The first-order valence-electron chi connectivity index (χ1n) is 16.6. The third-order valence-electron chi connectivity index (χ3n) is 7.41. The second-order valence-corrected chi connectivity index (χ2v) is 12.0. The minimum absolute atomic E-state index is 0.0227. The highest BCUT2D eigenvalue weighted by molar-refractivity contribution is 9.09. The molecule has 6 rings (SSSR count). The average molecular weight is 746 g/mol. The van der Waals surface area contributed by atoms with Crippen LogP contribution in [0.25, 0.3) is 0 Å². The Labute approximate surface area is 308 Å². The molecule has 6 aromatic carbocycles. The number of ether oxygens (including phenoxy) is 3. The highest BCUT2D eigenvalue weighted by atomic mass is 79.9. The van der Waals surface area contributed by atoms with Crippen molar-refractivity contribution in [1.29, 1.82) is 0 Å². The Morgan fingerprint density at radius 1 is 0.471 bits per heavy atom. The van der Waals surface area contributed by atoms with Crippen LogP contribution in [0.2, 0.25) is 0 Å². The molecule has 0 aliphatic heterocycles. The molecule has 0 saturated heterocycles. The van der Waals surface area contributed by atoms with Gasteiger partial charge in [-0.3, -0.25) is 9.59 Å². The number of carbonyl (C=O) groups is 2. The SMILES string of the molecule is BrCCc1ccccc1.O=Cc1ccc(OCc2ccccc2)c(O)c1.O=Cc1ccc(OCc2ccccc2)c(OCCc2ccccc2)c1. The first-order valence-corrected chi connectivity index (χ1v) is 17.7. The molecule has 6 nitrogen and oxygen atoms in total. The monoisotopic (exact) mass is 744 g/mol. The molecule has 0 amide bonds. The molecule has 7 heteroatoms. The summed E-state index contributed by atoms with van der Waals surface area (Å²) < 4.78 is 17.2. The summed E-state index contributed by atoms with van der Waals surface area (Å²) in [4.78, 5) is 21.5. The Hall–Kier alpha value is -5.66. The second-order valence-electron chi connectivity index (χ2n) is 11.2. The van der Waals surface area contributed by atoms with Gasteiger partial charge < -0.3 is 19.3 Å². The first-order chi connectivity index (χ1) is 25.1. The molecule has 0 bridgehead atoms. The number of halogens is 1. The summed E-state index contributed by atoms with van der Waals surface area (Å²) in [6, 6.07) is 50.0. The van der Waals surface area contributed by atoms with E-state index in [1.165, 1.54) is 17.2 Å². The van der Waals surface area contributed by atoms with Crippen molar-refractivity contribution in [3.63, 3.8) is 0 Å². The van der Waals surface area contributed by atoms with Crippen LogP contribution in [0.1, 0.15) is 43.0 Å². The molecule has 0 fully saturated rings. The van der Waals surface area contributed by atoms with Crippen molar-refractivity contribution in [3.8, 4) is 23.0 Å². The topological polar surface area (TPSA) is 82.1 Å². The van der Waals surface area contributed by atoms with Gasteiger partial charge in [-0.1, -0.05) is 137 Å². The van der Waals surface area contributed by atoms with E-state index in [0.29, 0.717) is 54.5 Å². The predicted molar refractivity (Wildman–Crippen MR) is 206 cm³/mol. The minimum atomic E-state index is -0.0227. The van der Waals surface area contributed by atoms with Crippen LogP contribution in [-0.2, 0) is 26.1 Å². The first kappa shape index (κ1) is 38.1. The summed E-state index contributed by atoms with van der Waals surface area (Å²) in [6.45, 7) is 1.36. The number of alkyl halides is 1. The van der Waals surface area contributed by atoms with Gasteiger partial charge in [-0.25, -0.2) is 0 Å². The standard InChI is InChI=1S/C22H20O3.C14H12O3.C8H9Br/c23-16-20-11-12-21(25-17-19-9-5-2-6-10-19)22(15-20)24-14-13-18-7-3-1-4-8-18;15-9-12-6-7-14(13(16)8-12)17-10-11-4-2-1-3-5-11;9-7-6-8-4-2-1-3-5-8/h1-12,15-16H,13-14,17H2;1-9,16H,10H2;1-5H,6-7H2. The Morgan fingerprint density at radius 2 is 0.902 bits per heavy atom. The molecule has 0 atom stereocenters. The number of hydrogen-bond acceptors (Lipinski definition) is 6. The quantitative estimate of drug-likeness (QED) is 0.0883. The maximum Gasteiger partial charge on any atom is 0.161 e. The normalized spacial score (nSPS) is 9.98. The lowest BCUT2D eigenvalue weighted by Crippen LogP contribution is -2.04. The Morgan fingerprint density at radius 3 is 1.37 bits per heavy atom. The van der Waals surface area contributed by atoms with Gasteiger partial charge in [-0.2, -0.15) is 0 Å². The van der Waals surface area contributed by atoms with Gasteiger partial charge in [0.15, 0.2) is 23.0 Å². The van der Waals surface area contributed by atoms with Crippen molar-refractivity contribution in [2.75, 3.05) is 11.9 Å². The van der Waals surface area contributed by atoms with Gasteiger partial charge in [0.2, 0.25) is 0 Å². The van der Waals surface area contributed by atoms with Crippen LogP contribution in [-0.4, -0.2) is 29.6 Å². The molecule has 0 aliphatic rings. The smallest absolute Gasteiger partial charge is 0.161 e. The summed E-state index contributed by atoms with van der Waals surface area (Å²) in [7, 11) is 0. The Bertz CT molecular complexity index is 1870. The number of phenolic OH excluding ortho intramolecular Hbond substituents is 1. The fourth-order valence-corrected chi connectivity index (χ4v) is 5.17. The van der Waals surface area contributed by atoms with E-state index in [4.69, 9.17) is 14.2 Å². The number of aryl methyl sites for hydroxylation is 1. The van der Waals surface area contributed by atoms with Crippen molar-refractivity contribution >= 4 is 28.5 Å². The van der Waals surface area contributed by atoms with Gasteiger partial charge in [0.05, 0.1) is 6.61 Å². The van der Waals surface area contributed by atoms with Gasteiger partial charge in [0, 0.05) is 22.9 Å². The number of benzene rings is 6. The van der Waals surface area contributed by atoms with Gasteiger partial charge in [-0.15, -0.1) is 0 Å². The average Bonchev–Trinajstić information content (AvgIpc) is 3.19. The van der Waals surface area contributed by atoms with E-state index in [9.17, 15) is 14.7 Å². The highest BCUT2D eigenvalue weighted by Gasteiger charge is 2.08. The number of phenols is 1.